The van der Waals surface area contributed by atoms with Crippen LogP contribution in [0.2, 0.25) is 0 Å². The molecule has 0 N–H and O–H groups in total. The number of ether oxygens (including phenoxy) is 2. The average Bonchev–Trinajstić information content (AvgIpc) is 3.00. The molecule has 0 atom stereocenters. The molecule has 0 aromatic carbocycles. The number of esters is 1. The zero-order chi connectivity index (χ0) is 19.6. The molecule has 0 spiro atoms. The predicted octanol–water partition coefficient (Wildman–Crippen LogP) is 4.53. The summed E-state index contributed by atoms with van der Waals surface area (Å²) < 4.78 is 52.3. The Balaban J connectivity index is 1.84. The largest absolute Gasteiger partial charge is 0.493 e. The van der Waals surface area contributed by atoms with Gasteiger partial charge in [0.25, 0.3) is 0 Å². The highest BCUT2D eigenvalue weighted by molar-refractivity contribution is 5.93. The van der Waals surface area contributed by atoms with Crippen molar-refractivity contribution >= 4 is 16.9 Å². The summed E-state index contributed by atoms with van der Waals surface area (Å²) in [6.45, 7) is 4.57. The van der Waals surface area contributed by atoms with Crippen LogP contribution in [0.1, 0.15) is 36.3 Å². The Morgan fingerprint density at radius 2 is 2.11 bits per heavy atom. The Kier molecular flexibility index (Phi) is 5.25. The average molecular weight is 380 g/mol. The lowest BCUT2D eigenvalue weighted by molar-refractivity contribution is -0.00124. The summed E-state index contributed by atoms with van der Waals surface area (Å²) in [7, 11) is 0. The number of carbonyl (C=O) groups excluding carboxylic acids is 1. The van der Waals surface area contributed by atoms with E-state index in [4.69, 9.17) is 9.47 Å². The van der Waals surface area contributed by atoms with E-state index < -0.39 is 24.1 Å². The van der Waals surface area contributed by atoms with Crippen LogP contribution in [0.5, 0.6) is 0 Å². The lowest BCUT2D eigenvalue weighted by Gasteiger charge is -2.20. The summed E-state index contributed by atoms with van der Waals surface area (Å²) in [6, 6.07) is 1.63. The third-order valence-electron chi connectivity index (χ3n) is 4.25. The predicted molar refractivity (Wildman–Crippen MR) is 93.0 cm³/mol. The molecule has 0 saturated carbocycles. The number of rotatable bonds is 6. The van der Waals surface area contributed by atoms with Crippen LogP contribution in [0, 0.1) is 0 Å². The molecule has 2 aromatic rings. The normalized spacial score (nSPS) is 16.0. The van der Waals surface area contributed by atoms with Crippen LogP contribution in [0.15, 0.2) is 42.2 Å². The van der Waals surface area contributed by atoms with E-state index in [0.717, 1.165) is 22.5 Å². The second kappa shape index (κ2) is 7.46. The minimum absolute atomic E-state index is 0.00917. The molecule has 0 amide bonds. The van der Waals surface area contributed by atoms with Gasteiger partial charge >= 0.3 is 11.9 Å². The molecular weight excluding hydrogens is 361 g/mol. The minimum Gasteiger partial charge on any atom is -0.493 e. The third-order valence-corrected chi connectivity index (χ3v) is 4.25. The van der Waals surface area contributed by atoms with Gasteiger partial charge in [-0.05, 0) is 32.1 Å². The molecule has 0 unspecified atom stereocenters. The summed E-state index contributed by atoms with van der Waals surface area (Å²) in [5.74, 6) is -5.51. The second-order valence-corrected chi connectivity index (χ2v) is 6.07. The first-order chi connectivity index (χ1) is 12.9. The first kappa shape index (κ1) is 19.0. The maximum atomic E-state index is 13.4. The Morgan fingerprint density at radius 1 is 1.33 bits per heavy atom. The molecular formula is C19H19F3N2O3. The fraction of sp³-hybridized carbons (Fsp3) is 0.368. The molecule has 8 heteroatoms. The van der Waals surface area contributed by atoms with E-state index in [2.05, 4.69) is 4.98 Å². The number of nitrogens with zero attached hydrogens (tertiary/aromatic N) is 2. The molecule has 0 bridgehead atoms. The summed E-state index contributed by atoms with van der Waals surface area (Å²) in [4.78, 5) is 16.0. The zero-order valence-electron chi connectivity index (χ0n) is 15.0. The molecule has 0 aliphatic heterocycles. The van der Waals surface area contributed by atoms with Crippen LogP contribution in [-0.2, 0) is 22.6 Å². The van der Waals surface area contributed by atoms with E-state index in [9.17, 15) is 18.0 Å². The molecule has 2 aromatic heterocycles. The van der Waals surface area contributed by atoms with Crippen LogP contribution in [0.3, 0.4) is 0 Å². The van der Waals surface area contributed by atoms with Crippen molar-refractivity contribution in [2.75, 3.05) is 6.61 Å². The van der Waals surface area contributed by atoms with E-state index in [1.165, 1.54) is 12.3 Å². The van der Waals surface area contributed by atoms with E-state index in [0.29, 0.717) is 6.54 Å². The van der Waals surface area contributed by atoms with Crippen LogP contribution in [-0.4, -0.2) is 28.0 Å². The van der Waals surface area contributed by atoms with Gasteiger partial charge in [0.15, 0.2) is 5.83 Å². The number of fused-ring (bicyclic) bond motifs is 1. The maximum Gasteiger partial charge on any atom is 0.356 e. The van der Waals surface area contributed by atoms with Crippen molar-refractivity contribution in [2.24, 2.45) is 0 Å². The highest BCUT2D eigenvalue weighted by atomic mass is 19.3. The number of hydrogen-bond donors (Lipinski definition) is 0. The van der Waals surface area contributed by atoms with E-state index in [1.807, 2.05) is 17.7 Å². The summed E-state index contributed by atoms with van der Waals surface area (Å²) in [6.07, 6.45) is 4.48. The van der Waals surface area contributed by atoms with Crippen molar-refractivity contribution in [1.29, 1.82) is 0 Å². The van der Waals surface area contributed by atoms with Gasteiger partial charge in [-0.3, -0.25) is 0 Å². The van der Waals surface area contributed by atoms with Gasteiger partial charge < -0.3 is 14.0 Å². The van der Waals surface area contributed by atoms with Crippen LogP contribution < -0.4 is 0 Å². The van der Waals surface area contributed by atoms with Gasteiger partial charge in [0, 0.05) is 29.9 Å². The quantitative estimate of drug-likeness (QED) is 0.691. The topological polar surface area (TPSA) is 53.4 Å². The molecule has 0 fully saturated rings. The van der Waals surface area contributed by atoms with Crippen LogP contribution >= 0.6 is 0 Å². The molecule has 3 rings (SSSR count). The van der Waals surface area contributed by atoms with Gasteiger partial charge in [-0.25, -0.2) is 14.2 Å². The highest BCUT2D eigenvalue weighted by Gasteiger charge is 2.38. The van der Waals surface area contributed by atoms with E-state index >= 15 is 0 Å². The summed E-state index contributed by atoms with van der Waals surface area (Å²) in [5, 5.41) is 0.745. The van der Waals surface area contributed by atoms with Gasteiger partial charge in [0.05, 0.1) is 18.5 Å². The Hall–Kier alpha value is -2.77. The second-order valence-electron chi connectivity index (χ2n) is 6.07. The Bertz CT molecular complexity index is 932. The van der Waals surface area contributed by atoms with Crippen LogP contribution in [0.4, 0.5) is 13.2 Å². The SMILES string of the molecule is CCOC(=O)c1cc2c(cn1)c(COC1=CC=C(F)C(F)(F)C1)cn2CC. The van der Waals surface area contributed by atoms with Crippen molar-refractivity contribution in [3.05, 3.63) is 53.5 Å². The lowest BCUT2D eigenvalue weighted by atomic mass is 10.1. The molecule has 27 heavy (non-hydrogen) atoms. The first-order valence-electron chi connectivity index (χ1n) is 8.58. The lowest BCUT2D eigenvalue weighted by Crippen LogP contribution is -2.21. The molecule has 5 nitrogen and oxygen atoms in total. The van der Waals surface area contributed by atoms with Gasteiger partial charge in [-0.2, -0.15) is 8.78 Å². The number of halogens is 3. The standard InChI is InChI=1S/C19H19F3N2O3/c1-3-24-10-12(11-27-13-5-6-17(20)19(21,22)8-13)14-9-23-15(7-16(14)24)18(25)26-4-2/h5-7,9-10H,3-4,8,11H2,1-2H3. The highest BCUT2D eigenvalue weighted by Crippen LogP contribution is 2.36. The Labute approximate surface area is 154 Å². The maximum absolute atomic E-state index is 13.4. The Morgan fingerprint density at radius 3 is 2.78 bits per heavy atom. The van der Waals surface area contributed by atoms with Gasteiger partial charge in [-0.15, -0.1) is 0 Å². The monoisotopic (exact) mass is 380 g/mol. The minimum atomic E-state index is -3.54. The van der Waals surface area contributed by atoms with Gasteiger partial charge in [0.2, 0.25) is 0 Å². The smallest absolute Gasteiger partial charge is 0.356 e. The fourth-order valence-corrected chi connectivity index (χ4v) is 2.87. The summed E-state index contributed by atoms with van der Waals surface area (Å²) >= 11 is 0. The van der Waals surface area contributed by atoms with Crippen molar-refractivity contribution in [3.8, 4) is 0 Å². The van der Waals surface area contributed by atoms with Crippen molar-refractivity contribution in [2.45, 2.75) is 39.3 Å². The number of aromatic nitrogens is 2. The number of allylic oxidation sites excluding steroid dienone is 4. The number of alkyl halides is 2. The van der Waals surface area contributed by atoms with Crippen molar-refractivity contribution < 1.29 is 27.4 Å². The summed E-state index contributed by atoms with van der Waals surface area (Å²) in [5.41, 5.74) is 1.69. The number of pyridine rings is 1. The molecule has 1 aliphatic rings. The van der Waals surface area contributed by atoms with E-state index in [-0.39, 0.29) is 24.7 Å². The number of hydrogen-bond acceptors (Lipinski definition) is 4. The zero-order valence-corrected chi connectivity index (χ0v) is 15.0. The van der Waals surface area contributed by atoms with Gasteiger partial charge in [0.1, 0.15) is 18.1 Å². The molecule has 0 saturated heterocycles. The van der Waals surface area contributed by atoms with Gasteiger partial charge in [-0.1, -0.05) is 0 Å². The molecule has 0 radical (unpaired) electrons. The van der Waals surface area contributed by atoms with Crippen LogP contribution in [0.25, 0.3) is 10.9 Å². The number of carbonyl (C=O) groups is 1. The third kappa shape index (κ3) is 3.84. The fourth-order valence-electron chi connectivity index (χ4n) is 2.87. The van der Waals surface area contributed by atoms with Crippen molar-refractivity contribution in [1.82, 2.24) is 9.55 Å². The molecule has 144 valence electrons. The van der Waals surface area contributed by atoms with E-state index in [1.54, 1.807) is 13.0 Å². The molecule has 2 heterocycles. The number of aryl methyl sites for hydroxylation is 1. The van der Waals surface area contributed by atoms with Crippen molar-refractivity contribution in [3.63, 3.8) is 0 Å². The molecule has 1 aliphatic carbocycles. The first-order valence-corrected chi connectivity index (χ1v) is 8.58.